The molecular formula is C27H42N2O5Si. The molecule has 0 saturated carbocycles. The number of carbonyl (C=O) groups is 2. The maximum absolute atomic E-state index is 13.1. The first-order valence-corrected chi connectivity index (χ1v) is 16.4. The summed E-state index contributed by atoms with van der Waals surface area (Å²) >= 11 is 0. The summed E-state index contributed by atoms with van der Waals surface area (Å²) < 4.78 is 6.50. The van der Waals surface area contributed by atoms with Gasteiger partial charge in [0, 0.05) is 30.7 Å². The van der Waals surface area contributed by atoms with Crippen molar-refractivity contribution >= 4 is 25.8 Å². The second-order valence-corrected chi connectivity index (χ2v) is 15.2. The lowest BCUT2D eigenvalue weighted by molar-refractivity contribution is -0.135. The molecule has 2 N–H and O–H groups in total. The zero-order chi connectivity index (χ0) is 25.2. The van der Waals surface area contributed by atoms with E-state index in [1.807, 2.05) is 30.1 Å². The average Bonchev–Trinajstić information content (AvgIpc) is 3.42. The molecule has 3 aliphatic heterocycles. The minimum Gasteiger partial charge on any atom is -0.432 e. The van der Waals surface area contributed by atoms with Crippen LogP contribution in [0.3, 0.4) is 0 Å². The zero-order valence-electron chi connectivity index (χ0n) is 21.5. The number of hydrogen-bond acceptors (Lipinski definition) is 5. The smallest absolute Gasteiger partial charge is 0.226 e. The number of likely N-dealkylation sites (tertiary alicyclic amines) is 1. The summed E-state index contributed by atoms with van der Waals surface area (Å²) in [6, 6.07) is 8.16. The van der Waals surface area contributed by atoms with E-state index in [1.165, 1.54) is 5.56 Å². The van der Waals surface area contributed by atoms with Crippen LogP contribution in [0.25, 0.3) is 0 Å². The van der Waals surface area contributed by atoms with Crippen LogP contribution in [0.15, 0.2) is 24.3 Å². The summed E-state index contributed by atoms with van der Waals surface area (Å²) in [6.07, 6.45) is 6.00. The molecule has 0 spiro atoms. The minimum atomic E-state index is -2.56. The maximum Gasteiger partial charge on any atom is 0.226 e. The topological polar surface area (TPSA) is 90.3 Å². The highest BCUT2D eigenvalue weighted by molar-refractivity contribution is 6.71. The number of aliphatic hydroxyl groups excluding tert-OH is 1. The molecule has 1 aromatic carbocycles. The number of ether oxygens (including phenoxy) is 1. The first-order chi connectivity index (χ1) is 16.7. The molecule has 0 unspecified atom stereocenters. The summed E-state index contributed by atoms with van der Waals surface area (Å²) in [5.41, 5.74) is 2.14. The van der Waals surface area contributed by atoms with E-state index in [0.717, 1.165) is 50.8 Å². The molecule has 7 nitrogen and oxygen atoms in total. The summed E-state index contributed by atoms with van der Waals surface area (Å²) in [5.74, 6) is 0.396. The van der Waals surface area contributed by atoms with Crippen LogP contribution in [0.1, 0.15) is 57.4 Å². The van der Waals surface area contributed by atoms with Crippen molar-refractivity contribution < 1.29 is 24.2 Å². The lowest BCUT2D eigenvalue weighted by Gasteiger charge is -2.31. The van der Waals surface area contributed by atoms with Crippen molar-refractivity contribution in [2.24, 2.45) is 5.92 Å². The number of hydrogen-bond donors (Lipinski definition) is 2. The van der Waals surface area contributed by atoms with Gasteiger partial charge in [0.25, 0.3) is 0 Å². The molecule has 8 heteroatoms. The molecule has 4 rings (SSSR count). The number of aliphatic hydroxyl groups is 1. The van der Waals surface area contributed by atoms with Crippen LogP contribution in [0.4, 0.5) is 5.69 Å². The number of piperidine rings is 1. The van der Waals surface area contributed by atoms with E-state index in [2.05, 4.69) is 19.1 Å². The van der Waals surface area contributed by atoms with Crippen molar-refractivity contribution in [1.29, 1.82) is 0 Å². The van der Waals surface area contributed by atoms with Crippen LogP contribution >= 0.6 is 0 Å². The van der Waals surface area contributed by atoms with Gasteiger partial charge in [-0.3, -0.25) is 9.59 Å². The minimum absolute atomic E-state index is 0.00204. The Hall–Kier alpha value is -1.74. The largest absolute Gasteiger partial charge is 0.432 e. The van der Waals surface area contributed by atoms with Crippen molar-refractivity contribution in [3.05, 3.63) is 29.8 Å². The predicted octanol–water partition coefficient (Wildman–Crippen LogP) is 3.48. The van der Waals surface area contributed by atoms with E-state index < -0.39 is 8.32 Å². The van der Waals surface area contributed by atoms with Gasteiger partial charge in [-0.25, -0.2) is 0 Å². The Morgan fingerprint density at radius 2 is 1.97 bits per heavy atom. The van der Waals surface area contributed by atoms with Crippen LogP contribution in [0.2, 0.25) is 18.6 Å². The lowest BCUT2D eigenvalue weighted by atomic mass is 9.94. The fourth-order valence-corrected chi connectivity index (χ4v) is 9.13. The quantitative estimate of drug-likeness (QED) is 0.531. The molecule has 0 bridgehead atoms. The van der Waals surface area contributed by atoms with Crippen LogP contribution in [0.5, 0.6) is 0 Å². The van der Waals surface area contributed by atoms with Gasteiger partial charge in [-0.15, -0.1) is 0 Å². The van der Waals surface area contributed by atoms with Crippen molar-refractivity contribution in [3.63, 3.8) is 0 Å². The van der Waals surface area contributed by atoms with E-state index in [-0.39, 0.29) is 54.6 Å². The molecule has 3 aliphatic rings. The Bertz CT molecular complexity index is 904. The van der Waals surface area contributed by atoms with Crippen molar-refractivity contribution in [3.8, 4) is 0 Å². The van der Waals surface area contributed by atoms with Gasteiger partial charge >= 0.3 is 0 Å². The zero-order valence-corrected chi connectivity index (χ0v) is 22.5. The molecule has 194 valence electrons. The summed E-state index contributed by atoms with van der Waals surface area (Å²) in [6.45, 7) is 7.52. The van der Waals surface area contributed by atoms with Gasteiger partial charge in [-0.1, -0.05) is 19.1 Å². The normalized spacial score (nSPS) is 29.7. The fourth-order valence-electron chi connectivity index (χ4n) is 6.52. The van der Waals surface area contributed by atoms with Gasteiger partial charge in [0.2, 0.25) is 11.8 Å². The van der Waals surface area contributed by atoms with E-state index >= 15 is 0 Å². The first kappa shape index (κ1) is 26.3. The lowest BCUT2D eigenvalue weighted by Crippen LogP contribution is -2.43. The Labute approximate surface area is 210 Å². The number of rotatable bonds is 8. The molecular weight excluding hydrogens is 460 g/mol. The number of anilines is 1. The summed E-state index contributed by atoms with van der Waals surface area (Å²) in [5, 5.41) is 9.63. The highest BCUT2D eigenvalue weighted by Crippen LogP contribution is 2.46. The Balaban J connectivity index is 1.41. The maximum atomic E-state index is 13.1. The van der Waals surface area contributed by atoms with E-state index in [9.17, 15) is 19.5 Å². The Morgan fingerprint density at radius 1 is 1.17 bits per heavy atom. The number of aryl methyl sites for hydroxylation is 1. The Morgan fingerprint density at radius 3 is 2.69 bits per heavy atom. The second kappa shape index (κ2) is 11.1. The van der Waals surface area contributed by atoms with Gasteiger partial charge < -0.3 is 24.4 Å². The molecule has 0 radical (unpaired) electrons. The van der Waals surface area contributed by atoms with Gasteiger partial charge in [0.05, 0.1) is 31.3 Å². The van der Waals surface area contributed by atoms with Gasteiger partial charge in [-0.2, -0.15) is 0 Å². The number of amides is 2. The molecule has 0 aliphatic carbocycles. The monoisotopic (exact) mass is 502 g/mol. The number of nitrogens with zero attached hydrogens (tertiary/aromatic N) is 2. The van der Waals surface area contributed by atoms with E-state index in [0.29, 0.717) is 13.0 Å². The molecule has 3 heterocycles. The molecule has 0 aromatic heterocycles. The number of benzene rings is 1. The molecule has 2 amide bonds. The van der Waals surface area contributed by atoms with Crippen molar-refractivity contribution in [2.45, 2.75) is 95.2 Å². The summed E-state index contributed by atoms with van der Waals surface area (Å²) in [7, 11) is -2.56. The average molecular weight is 503 g/mol. The SMILES string of the molecule is C[C@H]1[C@H]([Si](C)(C)O)[C@@H](CC(=O)N2CCC[C@H]2CO)O[C@H]1CCc1cccc(N2CCCCC2=O)c1. The number of carbonyl (C=O) groups excluding carboxylic acids is 2. The van der Waals surface area contributed by atoms with Crippen molar-refractivity contribution in [2.75, 3.05) is 24.6 Å². The first-order valence-electron chi connectivity index (χ1n) is 13.4. The molecule has 3 fully saturated rings. The highest BCUT2D eigenvalue weighted by Gasteiger charge is 2.50. The van der Waals surface area contributed by atoms with Crippen LogP contribution in [-0.2, 0) is 20.7 Å². The molecule has 5 atom stereocenters. The third-order valence-electron chi connectivity index (χ3n) is 8.27. The van der Waals surface area contributed by atoms with Crippen LogP contribution in [0, 0.1) is 5.92 Å². The van der Waals surface area contributed by atoms with Crippen molar-refractivity contribution in [1.82, 2.24) is 4.90 Å². The molecule has 1 aromatic rings. The third-order valence-corrected chi connectivity index (χ3v) is 10.8. The van der Waals surface area contributed by atoms with Gasteiger partial charge in [0.15, 0.2) is 8.32 Å². The van der Waals surface area contributed by atoms with Crippen LogP contribution in [-0.4, -0.2) is 72.9 Å². The van der Waals surface area contributed by atoms with E-state index in [1.54, 1.807) is 4.90 Å². The van der Waals surface area contributed by atoms with Crippen LogP contribution < -0.4 is 4.90 Å². The van der Waals surface area contributed by atoms with E-state index in [4.69, 9.17) is 4.74 Å². The predicted molar refractivity (Wildman–Crippen MR) is 139 cm³/mol. The third kappa shape index (κ3) is 5.98. The van der Waals surface area contributed by atoms with Gasteiger partial charge in [-0.05, 0) is 75.2 Å². The molecule has 35 heavy (non-hydrogen) atoms. The highest BCUT2D eigenvalue weighted by atomic mass is 28.4. The Kier molecular flexibility index (Phi) is 8.36. The fraction of sp³-hybridized carbons (Fsp3) is 0.704. The van der Waals surface area contributed by atoms with Gasteiger partial charge in [0.1, 0.15) is 0 Å². The standard InChI is InChI=1S/C27H42N2O5Si/c1-19-23(13-12-20-8-6-9-21(16-20)28-14-5-4-11-25(28)31)34-24(27(19)35(2,3)33)17-26(32)29-15-7-10-22(29)18-30/h6,8-9,16,19,22-24,27,30,33H,4-5,7,10-15,17-18H2,1-3H3/t19-,22+,23+,24-,27+/m1/s1. The second-order valence-electron chi connectivity index (χ2n) is 11.2. The summed E-state index contributed by atoms with van der Waals surface area (Å²) in [4.78, 5) is 40.2. The molecule has 3 saturated heterocycles.